The van der Waals surface area contributed by atoms with Gasteiger partial charge in [-0.3, -0.25) is 38.4 Å². The lowest BCUT2D eigenvalue weighted by molar-refractivity contribution is -0.156. The first-order chi connectivity index (χ1) is 34.1. The second kappa shape index (κ2) is 32.3. The van der Waals surface area contributed by atoms with Gasteiger partial charge in [-0.1, -0.05) is 88.3 Å². The van der Waals surface area contributed by atoms with Gasteiger partial charge in [0.15, 0.2) is 6.04 Å². The van der Waals surface area contributed by atoms with Gasteiger partial charge in [0.25, 0.3) is 0 Å². The number of nitrogens with zero attached hydrogens (tertiary/aromatic N) is 4. The van der Waals surface area contributed by atoms with Crippen molar-refractivity contribution >= 4 is 53.2 Å². The molecule has 0 aliphatic carbocycles. The molecule has 0 aliphatic rings. The van der Waals surface area contributed by atoms with Gasteiger partial charge in [-0.15, -0.1) is 0 Å². The Kier molecular flexibility index (Phi) is 30.1. The molecular weight excluding hydrogens is 955 g/mol. The molecule has 0 aromatic carbocycles. The van der Waals surface area contributed by atoms with Gasteiger partial charge in [-0.25, -0.2) is 4.79 Å². The summed E-state index contributed by atoms with van der Waals surface area (Å²) in [5, 5.41) is 32.6. The third kappa shape index (κ3) is 21.2. The van der Waals surface area contributed by atoms with Crippen molar-refractivity contribution in [1.82, 2.24) is 40.9 Å². The molecule has 0 saturated carbocycles. The van der Waals surface area contributed by atoms with E-state index in [1.807, 2.05) is 55.4 Å². The van der Waals surface area contributed by atoms with Gasteiger partial charge in [0.1, 0.15) is 42.3 Å². The van der Waals surface area contributed by atoms with Crippen molar-refractivity contribution in [3.05, 3.63) is 12.2 Å². The zero-order chi connectivity index (χ0) is 57.8. The van der Waals surface area contributed by atoms with Gasteiger partial charge in [0.2, 0.25) is 47.3 Å². The van der Waals surface area contributed by atoms with Crippen LogP contribution in [0.1, 0.15) is 136 Å². The van der Waals surface area contributed by atoms with Crippen LogP contribution in [0.5, 0.6) is 0 Å². The number of rotatable bonds is 31. The molecule has 0 bridgehead atoms. The van der Waals surface area contributed by atoms with Crippen LogP contribution in [-0.2, 0) is 47.9 Å². The summed E-state index contributed by atoms with van der Waals surface area (Å²) in [6.45, 7) is 26.1. The highest BCUT2D eigenvalue weighted by atomic mass is 16.5. The number of aliphatic hydroxyl groups excluding tert-OH is 2. The average molecular weight is 1050 g/mol. The maximum atomic E-state index is 14.7. The van der Waals surface area contributed by atoms with Crippen LogP contribution in [-0.4, -0.2) is 185 Å². The number of carbonyl (C=O) groups is 9. The van der Waals surface area contributed by atoms with E-state index >= 15 is 0 Å². The number of ether oxygens (including phenoxy) is 1. The number of aliphatic hydroxyl groups is 2. The number of allylic oxidation sites excluding steroid dienone is 2. The Labute approximate surface area is 442 Å². The van der Waals surface area contributed by atoms with Crippen molar-refractivity contribution < 1.29 is 58.1 Å². The van der Waals surface area contributed by atoms with Crippen LogP contribution in [0.4, 0.5) is 0 Å². The Balaban J connectivity index is 6.75. The molecule has 21 nitrogen and oxygen atoms in total. The third-order valence-electron chi connectivity index (χ3n) is 13.0. The number of carbonyl (C=O) groups excluding carboxylic acids is 9. The average Bonchev–Trinajstić information content (AvgIpc) is 3.30. The predicted molar refractivity (Wildman–Crippen MR) is 284 cm³/mol. The van der Waals surface area contributed by atoms with Gasteiger partial charge in [0, 0.05) is 28.2 Å². The molecule has 0 spiro atoms. The Morgan fingerprint density at radius 1 is 0.527 bits per heavy atom. The maximum absolute atomic E-state index is 14.7. The molecular formula is C53H97N9O12. The highest BCUT2D eigenvalue weighted by Gasteiger charge is 2.44. The molecule has 0 fully saturated rings. The van der Waals surface area contributed by atoms with Gasteiger partial charge in [-0.2, -0.15) is 0 Å². The van der Waals surface area contributed by atoms with E-state index < -0.39 is 132 Å². The van der Waals surface area contributed by atoms with E-state index in [2.05, 4.69) is 21.3 Å². The number of nitrogens with one attached hydrogen (secondary N) is 4. The van der Waals surface area contributed by atoms with Crippen LogP contribution in [0, 0.1) is 35.5 Å². The molecule has 0 aromatic rings. The van der Waals surface area contributed by atoms with Crippen LogP contribution in [0.25, 0.3) is 0 Å². The number of hydrogen-bond acceptors (Lipinski definition) is 13. The van der Waals surface area contributed by atoms with E-state index in [4.69, 9.17) is 10.5 Å². The molecule has 12 atom stereocenters. The fraction of sp³-hybridized carbons (Fsp3) is 0.792. The van der Waals surface area contributed by atoms with Crippen LogP contribution in [0.2, 0.25) is 0 Å². The van der Waals surface area contributed by atoms with E-state index in [0.29, 0.717) is 19.3 Å². The molecule has 0 heterocycles. The van der Waals surface area contributed by atoms with Crippen molar-refractivity contribution in [3.63, 3.8) is 0 Å². The minimum absolute atomic E-state index is 0.0135. The highest BCUT2D eigenvalue weighted by molar-refractivity contribution is 5.98. The van der Waals surface area contributed by atoms with Crippen molar-refractivity contribution in [2.24, 2.45) is 41.2 Å². The number of esters is 1. The fourth-order valence-corrected chi connectivity index (χ4v) is 8.72. The lowest BCUT2D eigenvalue weighted by Gasteiger charge is -2.40. The summed E-state index contributed by atoms with van der Waals surface area (Å²) in [5.74, 6) is -7.51. The van der Waals surface area contributed by atoms with Gasteiger partial charge in [0.05, 0.1) is 25.4 Å². The summed E-state index contributed by atoms with van der Waals surface area (Å²) in [7, 11) is 6.72. The SMILES string of the molecule is C/C=C/CC(C)C(O)C(C(=O)NC(C(=O)OC)C(C)O)N(C)C(=O)C(C(C)C)N(C)C(=O)C(CC(C)C)NC(=O)C(CC(C)C)N(C)C(=O)C(C)NC(=O)C(C)NC(=O)C(CC(C)C)N(C)C(=O)C(N)CC(C)C. The topological polar surface area (TPSA) is 290 Å². The van der Waals surface area contributed by atoms with Gasteiger partial charge >= 0.3 is 5.97 Å². The summed E-state index contributed by atoms with van der Waals surface area (Å²) < 4.78 is 4.77. The molecule has 12 unspecified atom stereocenters. The van der Waals surface area contributed by atoms with Crippen molar-refractivity contribution in [1.29, 1.82) is 0 Å². The van der Waals surface area contributed by atoms with E-state index in [0.717, 1.165) is 12.0 Å². The molecule has 426 valence electrons. The number of amides is 8. The van der Waals surface area contributed by atoms with Crippen LogP contribution in [0.15, 0.2) is 12.2 Å². The lowest BCUT2D eigenvalue weighted by Crippen LogP contribution is -2.63. The first-order valence-electron chi connectivity index (χ1n) is 26.2. The Hall–Kier alpha value is -5.15. The number of likely N-dealkylation sites (N-methyl/N-ethyl adjacent to an activating group) is 4. The molecule has 8 amide bonds. The standard InChI is InChI=1S/C53H97N9O12/c1-21-22-23-33(12)44(64)43(48(68)58-41(36(15)63)53(73)74-20)62(19)52(72)42(32(10)11)61(18)51(71)38(25-29(4)5)57-47(67)40(27-31(8)9)59(16)49(69)35(14)56-45(65)34(13)55-46(66)39(26-30(6)7)60(17)50(70)37(54)24-28(2)3/h21-22,28-44,63-64H,23-27,54H2,1-20H3,(H,55,66)(H,56,65)(H,57,67)(H,58,68)/b22-21+. The number of nitrogens with two attached hydrogens (primary N) is 1. The van der Waals surface area contributed by atoms with Crippen LogP contribution >= 0.6 is 0 Å². The highest BCUT2D eigenvalue weighted by Crippen LogP contribution is 2.23. The summed E-state index contributed by atoms with van der Waals surface area (Å²) in [4.78, 5) is 130. The van der Waals surface area contributed by atoms with Crippen molar-refractivity contribution in [2.75, 3.05) is 35.3 Å². The van der Waals surface area contributed by atoms with Gasteiger partial charge < -0.3 is 61.6 Å². The normalized spacial score (nSPS) is 16.7. The Bertz CT molecular complexity index is 1890. The molecule has 0 aliphatic heterocycles. The number of methoxy groups -OCH3 is 1. The van der Waals surface area contributed by atoms with E-state index in [1.54, 1.807) is 39.8 Å². The predicted octanol–water partition coefficient (Wildman–Crippen LogP) is 1.96. The Morgan fingerprint density at radius 3 is 1.41 bits per heavy atom. The number of hydrogen-bond donors (Lipinski definition) is 7. The second-order valence-electron chi connectivity index (χ2n) is 22.1. The third-order valence-corrected chi connectivity index (χ3v) is 13.0. The lowest BCUT2D eigenvalue weighted by atomic mass is 9.91. The van der Waals surface area contributed by atoms with Crippen molar-refractivity contribution in [3.8, 4) is 0 Å². The Morgan fingerprint density at radius 2 is 0.973 bits per heavy atom. The van der Waals surface area contributed by atoms with E-state index in [1.165, 1.54) is 63.7 Å². The second-order valence-corrected chi connectivity index (χ2v) is 22.1. The molecule has 8 N–H and O–H groups in total. The van der Waals surface area contributed by atoms with Crippen molar-refractivity contribution in [2.45, 2.75) is 203 Å². The minimum Gasteiger partial charge on any atom is -0.467 e. The molecule has 21 heteroatoms. The largest absolute Gasteiger partial charge is 0.467 e. The summed E-state index contributed by atoms with van der Waals surface area (Å²) in [6.07, 6.45) is 2.01. The van der Waals surface area contributed by atoms with E-state index in [-0.39, 0.29) is 36.5 Å². The first kappa shape index (κ1) is 68.8. The first-order valence-corrected chi connectivity index (χ1v) is 26.2. The van der Waals surface area contributed by atoms with Crippen LogP contribution < -0.4 is 27.0 Å². The zero-order valence-corrected chi connectivity index (χ0v) is 48.3. The summed E-state index contributed by atoms with van der Waals surface area (Å²) in [5.41, 5.74) is 6.17. The smallest absolute Gasteiger partial charge is 0.331 e. The van der Waals surface area contributed by atoms with E-state index in [9.17, 15) is 53.4 Å². The minimum atomic E-state index is -1.60. The molecule has 0 radical (unpaired) electrons. The zero-order valence-electron chi connectivity index (χ0n) is 48.3. The van der Waals surface area contributed by atoms with Crippen LogP contribution in [0.3, 0.4) is 0 Å². The molecule has 74 heavy (non-hydrogen) atoms. The molecule has 0 saturated heterocycles. The quantitative estimate of drug-likeness (QED) is 0.0387. The van der Waals surface area contributed by atoms with Gasteiger partial charge in [-0.05, 0) is 95.3 Å². The summed E-state index contributed by atoms with van der Waals surface area (Å²) in [6, 6.07) is -10.7. The monoisotopic (exact) mass is 1050 g/mol. The maximum Gasteiger partial charge on any atom is 0.331 e. The summed E-state index contributed by atoms with van der Waals surface area (Å²) >= 11 is 0. The fourth-order valence-electron chi connectivity index (χ4n) is 8.72. The molecule has 0 rings (SSSR count). The molecule has 0 aromatic heterocycles.